The molecule has 0 bridgehead atoms. The fraction of sp³-hybridized carbons (Fsp3) is 0.333. The maximum Gasteiger partial charge on any atom is 0.303 e. The van der Waals surface area contributed by atoms with Crippen molar-refractivity contribution in [3.8, 4) is 5.82 Å². The molecule has 0 fully saturated rings. The van der Waals surface area contributed by atoms with Crippen LogP contribution in [0.4, 0.5) is 0 Å². The fourth-order valence-electron chi connectivity index (χ4n) is 1.17. The van der Waals surface area contributed by atoms with Gasteiger partial charge in [-0.15, -0.1) is 5.10 Å². The summed E-state index contributed by atoms with van der Waals surface area (Å²) in [7, 11) is 0. The predicted molar refractivity (Wildman–Crippen MR) is 53.7 cm³/mol. The van der Waals surface area contributed by atoms with Gasteiger partial charge in [-0.25, -0.2) is 4.68 Å². The zero-order valence-corrected chi connectivity index (χ0v) is 8.97. The molecular weight excluding hydrogens is 210 g/mol. The predicted octanol–water partition coefficient (Wildman–Crippen LogP) is 0.362. The number of nitrogens with one attached hydrogen (secondary N) is 1. The number of hydrogen-bond acceptors (Lipinski definition) is 5. The number of aromatic nitrogens is 5. The second-order valence-electron chi connectivity index (χ2n) is 3.34. The van der Waals surface area contributed by atoms with Crippen LogP contribution in [0.1, 0.15) is 18.3 Å². The summed E-state index contributed by atoms with van der Waals surface area (Å²) in [5, 5.41) is 14.6. The summed E-state index contributed by atoms with van der Waals surface area (Å²) in [6.45, 7) is 3.37. The number of H-pyrrole nitrogens is 1. The van der Waals surface area contributed by atoms with Crippen LogP contribution >= 0.6 is 0 Å². The molecule has 0 aliphatic rings. The summed E-state index contributed by atoms with van der Waals surface area (Å²) in [4.78, 5) is 10.6. The van der Waals surface area contributed by atoms with Crippen molar-refractivity contribution in [3.05, 3.63) is 23.7 Å². The van der Waals surface area contributed by atoms with Gasteiger partial charge in [0.05, 0.1) is 6.20 Å². The van der Waals surface area contributed by atoms with Gasteiger partial charge in [-0.2, -0.15) is 5.10 Å². The highest BCUT2D eigenvalue weighted by Crippen LogP contribution is 2.05. The molecule has 7 heteroatoms. The molecule has 7 nitrogen and oxygen atoms in total. The van der Waals surface area contributed by atoms with Gasteiger partial charge in [-0.1, -0.05) is 5.21 Å². The monoisotopic (exact) mass is 221 g/mol. The molecule has 2 aromatic heterocycles. The fourth-order valence-corrected chi connectivity index (χ4v) is 1.17. The van der Waals surface area contributed by atoms with E-state index in [9.17, 15) is 4.79 Å². The summed E-state index contributed by atoms with van der Waals surface area (Å²) >= 11 is 0. The zero-order chi connectivity index (χ0) is 11.5. The quantitative estimate of drug-likeness (QED) is 0.756. The first kappa shape index (κ1) is 10.3. The standard InChI is InChI=1S/C9H11N5O2/c1-6-3-9(12-10-6)14-4-8(11-13-14)5-16-7(2)15/h3-4H,5H2,1-2H3,(H,10,12). The Morgan fingerprint density at radius 3 is 3.06 bits per heavy atom. The number of aryl methyl sites for hydroxylation is 1. The average Bonchev–Trinajstić information content (AvgIpc) is 2.83. The highest BCUT2D eigenvalue weighted by atomic mass is 16.5. The average molecular weight is 221 g/mol. The van der Waals surface area contributed by atoms with Crippen LogP contribution in [0.3, 0.4) is 0 Å². The van der Waals surface area contributed by atoms with Crippen molar-refractivity contribution in [3.63, 3.8) is 0 Å². The summed E-state index contributed by atoms with van der Waals surface area (Å²) in [6, 6.07) is 1.84. The SMILES string of the molecule is CC(=O)OCc1cn(-c2cc(C)[nH]n2)nn1. The second-order valence-corrected chi connectivity index (χ2v) is 3.34. The summed E-state index contributed by atoms with van der Waals surface area (Å²) in [6.07, 6.45) is 1.67. The van der Waals surface area contributed by atoms with Crippen LogP contribution in [-0.4, -0.2) is 31.2 Å². The van der Waals surface area contributed by atoms with E-state index in [0.29, 0.717) is 11.5 Å². The van der Waals surface area contributed by atoms with Crippen molar-refractivity contribution in [1.29, 1.82) is 0 Å². The Balaban J connectivity index is 2.10. The molecule has 2 heterocycles. The molecule has 0 unspecified atom stereocenters. The Kier molecular flexibility index (Phi) is 2.67. The van der Waals surface area contributed by atoms with Crippen LogP contribution in [0, 0.1) is 6.92 Å². The van der Waals surface area contributed by atoms with Gasteiger partial charge in [-0.3, -0.25) is 9.89 Å². The van der Waals surface area contributed by atoms with Crippen LogP contribution < -0.4 is 0 Å². The number of esters is 1. The van der Waals surface area contributed by atoms with Gasteiger partial charge in [0.1, 0.15) is 12.3 Å². The Labute approximate surface area is 91.4 Å². The minimum Gasteiger partial charge on any atom is -0.459 e. The van der Waals surface area contributed by atoms with Gasteiger partial charge in [0, 0.05) is 18.7 Å². The van der Waals surface area contributed by atoms with Crippen molar-refractivity contribution in [2.75, 3.05) is 0 Å². The zero-order valence-electron chi connectivity index (χ0n) is 8.97. The topological polar surface area (TPSA) is 85.7 Å². The molecule has 0 aliphatic heterocycles. The smallest absolute Gasteiger partial charge is 0.303 e. The molecule has 0 aromatic carbocycles. The molecule has 0 radical (unpaired) electrons. The minimum atomic E-state index is -0.342. The summed E-state index contributed by atoms with van der Waals surface area (Å²) in [5.41, 5.74) is 1.52. The van der Waals surface area contributed by atoms with Gasteiger partial charge in [0.15, 0.2) is 5.82 Å². The molecule has 1 N–H and O–H groups in total. The van der Waals surface area contributed by atoms with E-state index in [1.165, 1.54) is 11.6 Å². The molecule has 0 aliphatic carbocycles. The van der Waals surface area contributed by atoms with Crippen LogP contribution in [0.15, 0.2) is 12.3 Å². The first-order valence-corrected chi connectivity index (χ1v) is 4.72. The normalized spacial score (nSPS) is 10.4. The number of carbonyl (C=O) groups excluding carboxylic acids is 1. The highest BCUT2D eigenvalue weighted by molar-refractivity contribution is 5.65. The third-order valence-electron chi connectivity index (χ3n) is 1.89. The van der Waals surface area contributed by atoms with Crippen molar-refractivity contribution >= 4 is 5.97 Å². The Hall–Kier alpha value is -2.18. The van der Waals surface area contributed by atoms with Gasteiger partial charge >= 0.3 is 5.97 Å². The van der Waals surface area contributed by atoms with E-state index < -0.39 is 0 Å². The van der Waals surface area contributed by atoms with E-state index in [1.54, 1.807) is 6.20 Å². The lowest BCUT2D eigenvalue weighted by molar-refractivity contribution is -0.142. The van der Waals surface area contributed by atoms with E-state index >= 15 is 0 Å². The van der Waals surface area contributed by atoms with Crippen LogP contribution in [0.2, 0.25) is 0 Å². The van der Waals surface area contributed by atoms with E-state index in [0.717, 1.165) is 5.69 Å². The lowest BCUT2D eigenvalue weighted by atomic mass is 10.4. The first-order valence-electron chi connectivity index (χ1n) is 4.72. The van der Waals surface area contributed by atoms with Crippen molar-refractivity contribution in [2.45, 2.75) is 20.5 Å². The van der Waals surface area contributed by atoms with E-state index in [2.05, 4.69) is 20.5 Å². The molecule has 2 aromatic rings. The molecule has 16 heavy (non-hydrogen) atoms. The minimum absolute atomic E-state index is 0.124. The van der Waals surface area contributed by atoms with E-state index in [4.69, 9.17) is 4.74 Å². The van der Waals surface area contributed by atoms with Crippen molar-refractivity contribution < 1.29 is 9.53 Å². The highest BCUT2D eigenvalue weighted by Gasteiger charge is 2.06. The maximum atomic E-state index is 10.6. The first-order chi connectivity index (χ1) is 7.65. The maximum absolute atomic E-state index is 10.6. The number of aromatic amines is 1. The molecular formula is C9H11N5O2. The molecule has 0 atom stereocenters. The molecule has 0 saturated heterocycles. The Bertz CT molecular complexity index is 501. The van der Waals surface area contributed by atoms with E-state index in [1.807, 2.05) is 13.0 Å². The Morgan fingerprint density at radius 2 is 2.44 bits per heavy atom. The number of hydrogen-bond donors (Lipinski definition) is 1. The van der Waals surface area contributed by atoms with Crippen molar-refractivity contribution in [1.82, 2.24) is 25.2 Å². The van der Waals surface area contributed by atoms with Crippen molar-refractivity contribution in [2.24, 2.45) is 0 Å². The second kappa shape index (κ2) is 4.13. The van der Waals surface area contributed by atoms with Gasteiger partial charge in [0.2, 0.25) is 0 Å². The van der Waals surface area contributed by atoms with Crippen LogP contribution in [0.5, 0.6) is 0 Å². The molecule has 0 saturated carbocycles. The number of rotatable bonds is 3. The van der Waals surface area contributed by atoms with Crippen LogP contribution in [0.25, 0.3) is 5.82 Å². The largest absolute Gasteiger partial charge is 0.459 e. The molecule has 0 amide bonds. The third-order valence-corrected chi connectivity index (χ3v) is 1.89. The lowest BCUT2D eigenvalue weighted by Gasteiger charge is -1.95. The van der Waals surface area contributed by atoms with Gasteiger partial charge in [0.25, 0.3) is 0 Å². The molecule has 2 rings (SSSR count). The van der Waals surface area contributed by atoms with E-state index in [-0.39, 0.29) is 12.6 Å². The molecule has 84 valence electrons. The lowest BCUT2D eigenvalue weighted by Crippen LogP contribution is -1.98. The van der Waals surface area contributed by atoms with Crippen LogP contribution in [-0.2, 0) is 16.1 Å². The van der Waals surface area contributed by atoms with Gasteiger partial charge in [-0.05, 0) is 6.92 Å². The number of nitrogens with zero attached hydrogens (tertiary/aromatic N) is 4. The number of ether oxygens (including phenoxy) is 1. The summed E-state index contributed by atoms with van der Waals surface area (Å²) in [5.74, 6) is 0.309. The Morgan fingerprint density at radius 1 is 1.62 bits per heavy atom. The number of carbonyl (C=O) groups is 1. The summed E-state index contributed by atoms with van der Waals surface area (Å²) < 4.78 is 6.32. The third kappa shape index (κ3) is 2.25. The van der Waals surface area contributed by atoms with Gasteiger partial charge < -0.3 is 4.74 Å². The molecule has 0 spiro atoms.